The van der Waals surface area contributed by atoms with Crippen molar-refractivity contribution in [3.05, 3.63) is 95.8 Å². The molecule has 0 bridgehead atoms. The second-order valence-corrected chi connectivity index (χ2v) is 7.51. The van der Waals surface area contributed by atoms with Crippen LogP contribution in [0.5, 0.6) is 17.2 Å². The average Bonchev–Trinajstić information content (AvgIpc) is 3.31. The normalized spacial score (nSPS) is 11.3. The molecule has 34 heavy (non-hydrogen) atoms. The highest BCUT2D eigenvalue weighted by atomic mass is 16.5. The SMILES string of the molecule is COc1cc(C=Cc2cccc(NC=CC(=O)c3c[nH]c4ccccc34)c2)cc(OC)c1OC. The van der Waals surface area contributed by atoms with Crippen molar-refractivity contribution in [2.24, 2.45) is 0 Å². The molecule has 2 N–H and O–H groups in total. The number of methoxy groups -OCH3 is 3. The van der Waals surface area contributed by atoms with Crippen LogP contribution in [-0.4, -0.2) is 32.1 Å². The number of para-hydroxylation sites is 1. The summed E-state index contributed by atoms with van der Waals surface area (Å²) in [7, 11) is 4.77. The maximum Gasteiger partial charge on any atom is 0.203 e. The van der Waals surface area contributed by atoms with E-state index in [1.54, 1.807) is 33.7 Å². The fourth-order valence-corrected chi connectivity index (χ4v) is 3.70. The standard InChI is InChI=1S/C28H26N2O4/c1-32-26-16-20(17-27(33-2)28(26)34-3)12-11-19-7-6-8-21(15-19)29-14-13-25(31)23-18-30-24-10-5-4-9-22(23)24/h4-18,29-30H,1-3H3. The number of carbonyl (C=O) groups is 1. The Morgan fingerprint density at radius 3 is 2.32 bits per heavy atom. The molecule has 0 aliphatic heterocycles. The number of ketones is 1. The van der Waals surface area contributed by atoms with Gasteiger partial charge in [-0.25, -0.2) is 0 Å². The first-order chi connectivity index (χ1) is 16.6. The number of allylic oxidation sites excluding steroid dienone is 1. The van der Waals surface area contributed by atoms with Gasteiger partial charge in [-0.3, -0.25) is 4.79 Å². The lowest BCUT2D eigenvalue weighted by Gasteiger charge is -2.12. The van der Waals surface area contributed by atoms with Crippen molar-refractivity contribution >= 4 is 34.5 Å². The molecule has 172 valence electrons. The van der Waals surface area contributed by atoms with Gasteiger partial charge in [0.25, 0.3) is 0 Å². The molecule has 0 aliphatic carbocycles. The molecule has 6 heteroatoms. The smallest absolute Gasteiger partial charge is 0.203 e. The Morgan fingerprint density at radius 2 is 1.59 bits per heavy atom. The van der Waals surface area contributed by atoms with Crippen molar-refractivity contribution in [1.29, 1.82) is 0 Å². The molecule has 0 unspecified atom stereocenters. The molecule has 0 atom stereocenters. The first kappa shape index (κ1) is 22.7. The van der Waals surface area contributed by atoms with Crippen LogP contribution in [0.15, 0.2) is 79.1 Å². The van der Waals surface area contributed by atoms with Crippen LogP contribution in [0.1, 0.15) is 21.5 Å². The van der Waals surface area contributed by atoms with Gasteiger partial charge < -0.3 is 24.5 Å². The quantitative estimate of drug-likeness (QED) is 0.180. The number of hydrogen-bond acceptors (Lipinski definition) is 5. The molecule has 0 fully saturated rings. The van der Waals surface area contributed by atoms with Crippen LogP contribution in [0.3, 0.4) is 0 Å². The Balaban J connectivity index is 1.46. The van der Waals surface area contributed by atoms with E-state index in [1.165, 1.54) is 6.08 Å². The maximum absolute atomic E-state index is 12.6. The second kappa shape index (κ2) is 10.4. The van der Waals surface area contributed by atoms with Gasteiger partial charge >= 0.3 is 0 Å². The minimum atomic E-state index is -0.0663. The summed E-state index contributed by atoms with van der Waals surface area (Å²) in [4.78, 5) is 15.7. The number of benzene rings is 3. The van der Waals surface area contributed by atoms with Gasteiger partial charge in [-0.15, -0.1) is 0 Å². The minimum Gasteiger partial charge on any atom is -0.493 e. The van der Waals surface area contributed by atoms with E-state index in [4.69, 9.17) is 14.2 Å². The number of ether oxygens (including phenoxy) is 3. The molecule has 0 amide bonds. The van der Waals surface area contributed by atoms with E-state index < -0.39 is 0 Å². The second-order valence-electron chi connectivity index (χ2n) is 7.51. The first-order valence-electron chi connectivity index (χ1n) is 10.7. The molecule has 4 rings (SSSR count). The number of rotatable bonds is 9. The molecule has 0 aliphatic rings. The highest BCUT2D eigenvalue weighted by molar-refractivity contribution is 6.13. The van der Waals surface area contributed by atoms with Gasteiger partial charge in [0.15, 0.2) is 17.3 Å². The largest absolute Gasteiger partial charge is 0.493 e. The molecule has 0 saturated carbocycles. The van der Waals surface area contributed by atoms with Gasteiger partial charge in [0.2, 0.25) is 5.75 Å². The number of anilines is 1. The van der Waals surface area contributed by atoms with Gasteiger partial charge in [-0.05, 0) is 41.5 Å². The lowest BCUT2D eigenvalue weighted by Crippen LogP contribution is -1.95. The van der Waals surface area contributed by atoms with Gasteiger partial charge in [0.1, 0.15) is 0 Å². The summed E-state index contributed by atoms with van der Waals surface area (Å²) in [6.07, 6.45) is 8.90. The highest BCUT2D eigenvalue weighted by Crippen LogP contribution is 2.38. The van der Waals surface area contributed by atoms with Crippen molar-refractivity contribution in [1.82, 2.24) is 4.98 Å². The molecule has 1 aromatic heterocycles. The third kappa shape index (κ3) is 4.96. The van der Waals surface area contributed by atoms with Crippen molar-refractivity contribution in [2.75, 3.05) is 26.6 Å². The zero-order valence-electron chi connectivity index (χ0n) is 19.3. The maximum atomic E-state index is 12.6. The summed E-state index contributed by atoms with van der Waals surface area (Å²) in [5.74, 6) is 1.69. The summed E-state index contributed by atoms with van der Waals surface area (Å²) in [6, 6.07) is 19.4. The summed E-state index contributed by atoms with van der Waals surface area (Å²) >= 11 is 0. The molecule has 1 heterocycles. The zero-order valence-corrected chi connectivity index (χ0v) is 19.3. The molecule has 4 aromatic rings. The fraction of sp³-hybridized carbons (Fsp3) is 0.107. The number of aromatic nitrogens is 1. The summed E-state index contributed by atoms with van der Waals surface area (Å²) < 4.78 is 16.2. The van der Waals surface area contributed by atoms with Crippen LogP contribution >= 0.6 is 0 Å². The highest BCUT2D eigenvalue weighted by Gasteiger charge is 2.12. The number of fused-ring (bicyclic) bond motifs is 1. The average molecular weight is 455 g/mol. The molecular formula is C28H26N2O4. The Morgan fingerprint density at radius 1 is 0.853 bits per heavy atom. The Kier molecular flexibility index (Phi) is 6.98. The number of carbonyl (C=O) groups excluding carboxylic acids is 1. The zero-order chi connectivity index (χ0) is 23.9. The molecule has 6 nitrogen and oxygen atoms in total. The van der Waals surface area contributed by atoms with Gasteiger partial charge in [0, 0.05) is 40.6 Å². The predicted molar refractivity (Wildman–Crippen MR) is 137 cm³/mol. The van der Waals surface area contributed by atoms with Crippen LogP contribution in [0.2, 0.25) is 0 Å². The van der Waals surface area contributed by atoms with Crippen molar-refractivity contribution in [3.63, 3.8) is 0 Å². The third-order valence-electron chi connectivity index (χ3n) is 5.38. The van der Waals surface area contributed by atoms with Gasteiger partial charge in [0.05, 0.1) is 21.3 Å². The van der Waals surface area contributed by atoms with Gasteiger partial charge in [-0.1, -0.05) is 42.5 Å². The molecular weight excluding hydrogens is 428 g/mol. The van der Waals surface area contributed by atoms with E-state index in [-0.39, 0.29) is 5.78 Å². The van der Waals surface area contributed by atoms with Crippen molar-refractivity contribution < 1.29 is 19.0 Å². The number of hydrogen-bond donors (Lipinski definition) is 2. The monoisotopic (exact) mass is 454 g/mol. The molecule has 0 saturated heterocycles. The van der Waals surface area contributed by atoms with Crippen LogP contribution in [0, 0.1) is 0 Å². The van der Waals surface area contributed by atoms with E-state index >= 15 is 0 Å². The van der Waals surface area contributed by atoms with Crippen LogP contribution in [0.25, 0.3) is 23.1 Å². The van der Waals surface area contributed by atoms with Crippen molar-refractivity contribution in [3.8, 4) is 17.2 Å². The summed E-state index contributed by atoms with van der Waals surface area (Å²) in [6.45, 7) is 0. The fourth-order valence-electron chi connectivity index (χ4n) is 3.70. The van der Waals surface area contributed by atoms with Crippen molar-refractivity contribution in [2.45, 2.75) is 0 Å². The predicted octanol–water partition coefficient (Wildman–Crippen LogP) is 6.17. The van der Waals surface area contributed by atoms with Crippen LogP contribution in [-0.2, 0) is 0 Å². The Bertz CT molecular complexity index is 1340. The lowest BCUT2D eigenvalue weighted by atomic mass is 10.1. The summed E-state index contributed by atoms with van der Waals surface area (Å²) in [5, 5.41) is 4.09. The molecule has 0 radical (unpaired) electrons. The van der Waals surface area contributed by atoms with Gasteiger partial charge in [-0.2, -0.15) is 0 Å². The number of aromatic amines is 1. The van der Waals surface area contributed by atoms with E-state index in [0.29, 0.717) is 22.8 Å². The summed E-state index contributed by atoms with van der Waals surface area (Å²) in [5.41, 5.74) is 4.37. The Labute approximate surface area is 198 Å². The van der Waals surface area contributed by atoms with Crippen LogP contribution in [0.4, 0.5) is 5.69 Å². The van der Waals surface area contributed by atoms with E-state index in [1.807, 2.05) is 72.8 Å². The van der Waals surface area contributed by atoms with Crippen LogP contribution < -0.4 is 19.5 Å². The first-order valence-corrected chi connectivity index (χ1v) is 10.7. The van der Waals surface area contributed by atoms with E-state index in [2.05, 4.69) is 10.3 Å². The lowest BCUT2D eigenvalue weighted by molar-refractivity contribution is 0.104. The topological polar surface area (TPSA) is 72.6 Å². The van der Waals surface area contributed by atoms with E-state index in [9.17, 15) is 4.79 Å². The number of nitrogens with one attached hydrogen (secondary N) is 2. The van der Waals surface area contributed by atoms with E-state index in [0.717, 1.165) is 27.7 Å². The minimum absolute atomic E-state index is 0.0663. The Hall–Kier alpha value is -4.45. The molecule has 0 spiro atoms. The number of H-pyrrole nitrogens is 1. The third-order valence-corrected chi connectivity index (χ3v) is 5.38. The molecule has 3 aromatic carbocycles.